The van der Waals surface area contributed by atoms with E-state index in [1.165, 1.54) is 7.11 Å². The van der Waals surface area contributed by atoms with Gasteiger partial charge in [-0.3, -0.25) is 14.5 Å². The number of hydrogen-bond acceptors (Lipinski definition) is 6. The van der Waals surface area contributed by atoms with Gasteiger partial charge < -0.3 is 19.3 Å². The van der Waals surface area contributed by atoms with Gasteiger partial charge in [0.2, 0.25) is 5.91 Å². The first kappa shape index (κ1) is 19.2. The highest BCUT2D eigenvalue weighted by Gasteiger charge is 2.21. The summed E-state index contributed by atoms with van der Waals surface area (Å²) in [6, 6.07) is 9.70. The van der Waals surface area contributed by atoms with Crippen LogP contribution in [0.25, 0.3) is 0 Å². The Hall–Kier alpha value is -2.12. The quantitative estimate of drug-likeness (QED) is 0.636. The molecule has 1 amide bonds. The van der Waals surface area contributed by atoms with Gasteiger partial charge in [0.1, 0.15) is 6.54 Å². The Morgan fingerprint density at radius 1 is 1.16 bits per heavy atom. The standard InChI is InChI=1S/C18H27N3O4/c1-19(16-6-4-3-5-7-16)14-17(22)21(15-18(23)24-2)9-8-20-10-12-25-13-11-20/h3-7H,8-15H2,1-2H3. The number of para-hydroxylation sites is 1. The van der Waals surface area contributed by atoms with Crippen molar-refractivity contribution in [2.45, 2.75) is 0 Å². The summed E-state index contributed by atoms with van der Waals surface area (Å²) >= 11 is 0. The Morgan fingerprint density at radius 3 is 2.48 bits per heavy atom. The Kier molecular flexibility index (Phi) is 7.69. The molecule has 0 atom stereocenters. The molecule has 1 heterocycles. The molecule has 0 unspecified atom stereocenters. The van der Waals surface area contributed by atoms with Crippen molar-refractivity contribution < 1.29 is 19.1 Å². The van der Waals surface area contributed by atoms with Crippen molar-refractivity contribution >= 4 is 17.6 Å². The summed E-state index contributed by atoms with van der Waals surface area (Å²) in [5, 5.41) is 0. The zero-order valence-electron chi connectivity index (χ0n) is 15.0. The van der Waals surface area contributed by atoms with Gasteiger partial charge in [0.15, 0.2) is 0 Å². The monoisotopic (exact) mass is 349 g/mol. The molecule has 0 aromatic heterocycles. The number of methoxy groups -OCH3 is 1. The van der Waals surface area contributed by atoms with Crippen molar-refractivity contribution in [2.75, 3.05) is 71.5 Å². The lowest BCUT2D eigenvalue weighted by atomic mass is 10.3. The first-order valence-corrected chi connectivity index (χ1v) is 8.51. The fourth-order valence-electron chi connectivity index (χ4n) is 2.68. The number of ether oxygens (including phenoxy) is 2. The van der Waals surface area contributed by atoms with E-state index in [1.54, 1.807) is 4.90 Å². The molecule has 1 fully saturated rings. The lowest BCUT2D eigenvalue weighted by Crippen LogP contribution is -2.47. The minimum absolute atomic E-state index is 0.0255. The molecule has 0 bridgehead atoms. The van der Waals surface area contributed by atoms with Gasteiger partial charge in [0.25, 0.3) is 0 Å². The molecule has 7 heteroatoms. The molecule has 138 valence electrons. The van der Waals surface area contributed by atoms with Crippen LogP contribution in [0.15, 0.2) is 30.3 Å². The summed E-state index contributed by atoms with van der Waals surface area (Å²) in [7, 11) is 3.20. The van der Waals surface area contributed by atoms with Crippen LogP contribution in [-0.4, -0.2) is 88.3 Å². The Labute approximate surface area is 149 Å². The lowest BCUT2D eigenvalue weighted by molar-refractivity contribution is -0.146. The van der Waals surface area contributed by atoms with Crippen LogP contribution < -0.4 is 4.90 Å². The van der Waals surface area contributed by atoms with Gasteiger partial charge in [-0.2, -0.15) is 0 Å². The predicted molar refractivity (Wildman–Crippen MR) is 95.6 cm³/mol. The van der Waals surface area contributed by atoms with Crippen molar-refractivity contribution in [3.05, 3.63) is 30.3 Å². The summed E-state index contributed by atoms with van der Waals surface area (Å²) < 4.78 is 10.1. The molecule has 0 spiro atoms. The first-order chi connectivity index (χ1) is 12.1. The van der Waals surface area contributed by atoms with E-state index in [2.05, 4.69) is 4.90 Å². The third-order valence-electron chi connectivity index (χ3n) is 4.26. The van der Waals surface area contributed by atoms with Crippen LogP contribution >= 0.6 is 0 Å². The summed E-state index contributed by atoms with van der Waals surface area (Å²) in [5.41, 5.74) is 0.960. The molecule has 1 aliphatic heterocycles. The number of nitrogens with zero attached hydrogens (tertiary/aromatic N) is 3. The van der Waals surface area contributed by atoms with E-state index in [9.17, 15) is 9.59 Å². The molecule has 0 saturated carbocycles. The maximum absolute atomic E-state index is 12.7. The van der Waals surface area contributed by atoms with E-state index in [-0.39, 0.29) is 19.0 Å². The maximum Gasteiger partial charge on any atom is 0.325 e. The van der Waals surface area contributed by atoms with Gasteiger partial charge in [0.05, 0.1) is 26.9 Å². The number of likely N-dealkylation sites (N-methyl/N-ethyl adjacent to an activating group) is 1. The maximum atomic E-state index is 12.7. The second kappa shape index (κ2) is 10.0. The minimum Gasteiger partial charge on any atom is -0.468 e. The van der Waals surface area contributed by atoms with E-state index >= 15 is 0 Å². The molecule has 0 N–H and O–H groups in total. The second-order valence-corrected chi connectivity index (χ2v) is 6.04. The molecule has 1 aromatic rings. The Bertz CT molecular complexity index is 547. The van der Waals surface area contributed by atoms with Crippen molar-refractivity contribution in [1.82, 2.24) is 9.80 Å². The third-order valence-corrected chi connectivity index (χ3v) is 4.26. The Balaban J connectivity index is 1.92. The highest BCUT2D eigenvalue weighted by Crippen LogP contribution is 2.11. The van der Waals surface area contributed by atoms with E-state index in [0.717, 1.165) is 25.3 Å². The summed E-state index contributed by atoms with van der Waals surface area (Å²) in [6.45, 7) is 4.53. The average molecular weight is 349 g/mol. The smallest absolute Gasteiger partial charge is 0.325 e. The molecule has 25 heavy (non-hydrogen) atoms. The van der Waals surface area contributed by atoms with Crippen molar-refractivity contribution in [3.63, 3.8) is 0 Å². The normalized spacial score (nSPS) is 14.8. The number of anilines is 1. The number of benzene rings is 1. The van der Waals surface area contributed by atoms with E-state index in [1.807, 2.05) is 42.3 Å². The number of carbonyl (C=O) groups is 2. The molecule has 7 nitrogen and oxygen atoms in total. The summed E-state index contributed by atoms with van der Waals surface area (Å²) in [4.78, 5) is 30.0. The number of rotatable bonds is 8. The van der Waals surface area contributed by atoms with Gasteiger partial charge in [-0.15, -0.1) is 0 Å². The molecule has 1 saturated heterocycles. The minimum atomic E-state index is -0.405. The van der Waals surface area contributed by atoms with Crippen molar-refractivity contribution in [2.24, 2.45) is 0 Å². The van der Waals surface area contributed by atoms with Crippen LogP contribution in [-0.2, 0) is 19.1 Å². The summed E-state index contributed by atoms with van der Waals surface area (Å²) in [6.07, 6.45) is 0. The molecule has 1 aliphatic rings. The highest BCUT2D eigenvalue weighted by atomic mass is 16.5. The van der Waals surface area contributed by atoms with E-state index in [4.69, 9.17) is 9.47 Å². The van der Waals surface area contributed by atoms with Gasteiger partial charge >= 0.3 is 5.97 Å². The first-order valence-electron chi connectivity index (χ1n) is 8.51. The number of hydrogen-bond donors (Lipinski definition) is 0. The number of esters is 1. The van der Waals surface area contributed by atoms with Gasteiger partial charge in [-0.05, 0) is 12.1 Å². The SMILES string of the molecule is COC(=O)CN(CCN1CCOCC1)C(=O)CN(C)c1ccccc1. The van der Waals surface area contributed by atoms with Crippen LogP contribution in [0.4, 0.5) is 5.69 Å². The predicted octanol–water partition coefficient (Wildman–Crippen LogP) is 0.457. The largest absolute Gasteiger partial charge is 0.468 e. The van der Waals surface area contributed by atoms with Crippen LogP contribution in [0.2, 0.25) is 0 Å². The molecule has 0 radical (unpaired) electrons. The molecular formula is C18H27N3O4. The highest BCUT2D eigenvalue weighted by molar-refractivity contribution is 5.85. The van der Waals surface area contributed by atoms with Crippen molar-refractivity contribution in [1.29, 1.82) is 0 Å². The zero-order valence-corrected chi connectivity index (χ0v) is 15.0. The molecule has 1 aromatic carbocycles. The second-order valence-electron chi connectivity index (χ2n) is 6.04. The fraction of sp³-hybridized carbons (Fsp3) is 0.556. The van der Waals surface area contributed by atoms with Gasteiger partial charge in [-0.25, -0.2) is 0 Å². The van der Waals surface area contributed by atoms with Crippen LogP contribution in [0, 0.1) is 0 Å². The van der Waals surface area contributed by atoms with Crippen LogP contribution in [0.1, 0.15) is 0 Å². The average Bonchev–Trinajstić information content (AvgIpc) is 2.66. The fourth-order valence-corrected chi connectivity index (χ4v) is 2.68. The molecular weight excluding hydrogens is 322 g/mol. The third kappa shape index (κ3) is 6.36. The summed E-state index contributed by atoms with van der Waals surface area (Å²) in [5.74, 6) is -0.497. The van der Waals surface area contributed by atoms with Crippen molar-refractivity contribution in [3.8, 4) is 0 Å². The van der Waals surface area contributed by atoms with Gasteiger partial charge in [0, 0.05) is 38.9 Å². The Morgan fingerprint density at radius 2 is 1.84 bits per heavy atom. The van der Waals surface area contributed by atoms with E-state index in [0.29, 0.717) is 19.8 Å². The van der Waals surface area contributed by atoms with Crippen LogP contribution in [0.3, 0.4) is 0 Å². The molecule has 2 rings (SSSR count). The topological polar surface area (TPSA) is 62.3 Å². The van der Waals surface area contributed by atoms with Crippen LogP contribution in [0.5, 0.6) is 0 Å². The number of morpholine rings is 1. The van der Waals surface area contributed by atoms with Gasteiger partial charge in [-0.1, -0.05) is 18.2 Å². The zero-order chi connectivity index (χ0) is 18.1. The number of amides is 1. The molecule has 0 aliphatic carbocycles. The lowest BCUT2D eigenvalue weighted by Gasteiger charge is -2.30. The number of carbonyl (C=O) groups excluding carboxylic acids is 2. The van der Waals surface area contributed by atoms with E-state index < -0.39 is 5.97 Å².